The minimum absolute atomic E-state index is 0.0258. The number of aromatic amines is 1. The van der Waals surface area contributed by atoms with E-state index in [9.17, 15) is 23.6 Å². The number of halogens is 2. The molecule has 3 aliphatic carbocycles. The van der Waals surface area contributed by atoms with Crippen LogP contribution in [0.2, 0.25) is 0 Å². The molecule has 3 fully saturated rings. The Balaban J connectivity index is 1.49. The van der Waals surface area contributed by atoms with E-state index in [2.05, 4.69) is 15.4 Å². The van der Waals surface area contributed by atoms with Crippen LogP contribution in [0, 0.1) is 17.3 Å². The molecule has 1 heterocycles. The lowest BCUT2D eigenvalue weighted by atomic mass is 9.42. The number of hydrazine groups is 1. The number of fused-ring (bicyclic) bond motifs is 1. The van der Waals surface area contributed by atoms with Crippen LogP contribution in [0.3, 0.4) is 0 Å². The number of carbonyl (C=O) groups is 4. The number of rotatable bonds is 10. The molecule has 5 rings (SSSR count). The van der Waals surface area contributed by atoms with E-state index in [0.717, 1.165) is 19.3 Å². The molecule has 176 valence electrons. The van der Waals surface area contributed by atoms with Crippen LogP contribution in [0.15, 0.2) is 24.3 Å². The maximum absolute atomic E-state index is 13.4. The Hall–Kier alpha value is -3.01. The predicted octanol–water partition coefficient (Wildman–Crippen LogP) is 2.21. The fourth-order valence-corrected chi connectivity index (χ4v) is 5.00. The third-order valence-electron chi connectivity index (χ3n) is 6.58. The molecule has 0 aliphatic heterocycles. The Bertz CT molecular complexity index is 1050. The lowest BCUT2D eigenvalue weighted by molar-refractivity contribution is -0.151. The third kappa shape index (κ3) is 5.00. The number of nitrogens with one attached hydrogen (secondary N) is 2. The van der Waals surface area contributed by atoms with Gasteiger partial charge in [-0.3, -0.25) is 24.6 Å². The quantitative estimate of drug-likeness (QED) is 0.273. The first-order chi connectivity index (χ1) is 15.7. The van der Waals surface area contributed by atoms with Gasteiger partial charge in [0.25, 0.3) is 11.5 Å². The van der Waals surface area contributed by atoms with E-state index >= 15 is 0 Å². The Morgan fingerprint density at radius 1 is 1.27 bits per heavy atom. The molecule has 33 heavy (non-hydrogen) atoms. The lowest BCUT2D eigenvalue weighted by Crippen LogP contribution is -2.55. The van der Waals surface area contributed by atoms with Gasteiger partial charge in [0.15, 0.2) is 11.6 Å². The van der Waals surface area contributed by atoms with Crippen molar-refractivity contribution in [3.63, 3.8) is 0 Å². The van der Waals surface area contributed by atoms with Gasteiger partial charge in [-0.25, -0.2) is 14.4 Å². The Morgan fingerprint density at radius 3 is 2.55 bits per heavy atom. The van der Waals surface area contributed by atoms with Gasteiger partial charge in [0.2, 0.25) is 11.8 Å². The zero-order chi connectivity index (χ0) is 23.8. The van der Waals surface area contributed by atoms with Crippen molar-refractivity contribution < 1.29 is 23.6 Å². The second-order valence-electron chi connectivity index (χ2n) is 9.09. The largest absolute Gasteiger partial charge is 0.370 e. The zero-order valence-electron chi connectivity index (χ0n) is 17.9. The number of amides is 3. The van der Waals surface area contributed by atoms with Gasteiger partial charge in [-0.2, -0.15) is 0 Å². The Labute approximate surface area is 194 Å². The number of primary amides is 1. The summed E-state index contributed by atoms with van der Waals surface area (Å²) in [7, 11) is 0. The van der Waals surface area contributed by atoms with Crippen LogP contribution in [-0.4, -0.2) is 50.7 Å². The molecular formula is C22H25ClFN5O4. The molecule has 9 nitrogen and oxygen atoms in total. The van der Waals surface area contributed by atoms with Crippen LogP contribution in [0.1, 0.15) is 49.1 Å². The minimum atomic E-state index is -2.40. The number of aromatic nitrogens is 2. The van der Waals surface area contributed by atoms with Crippen LogP contribution >= 0.6 is 11.6 Å². The van der Waals surface area contributed by atoms with Crippen LogP contribution in [-0.2, 0) is 14.4 Å². The molecule has 2 atom stereocenters. The molecule has 11 heteroatoms. The average molecular weight is 478 g/mol. The van der Waals surface area contributed by atoms with Gasteiger partial charge in [0.1, 0.15) is 0 Å². The number of nitrogens with two attached hydrogens (primary N) is 1. The van der Waals surface area contributed by atoms with Crippen molar-refractivity contribution in [2.45, 2.75) is 44.2 Å². The molecule has 1 unspecified atom stereocenters. The summed E-state index contributed by atoms with van der Waals surface area (Å²) in [5.41, 5.74) is 6.44. The summed E-state index contributed by atoms with van der Waals surface area (Å²) in [5, 5.41) is 0.658. The number of carbonyl (C=O) groups excluding carboxylic acids is 4. The first kappa shape index (κ1) is 23.2. The van der Waals surface area contributed by atoms with E-state index in [1.54, 1.807) is 12.1 Å². The normalized spacial score (nSPS) is 22.5. The molecule has 3 aliphatic rings. The summed E-state index contributed by atoms with van der Waals surface area (Å²) in [4.78, 5) is 56.6. The standard InChI is InChI=1S/C22H25ClFN5O4/c23-18(24)21(33)29(6-5-17(25)31)28-20(32)13(11-22-8-12(9-22)10-22)7-16(30)19-26-14-3-1-2-4-15(14)27-19/h1-4,12-13,18H,5-11H2,(H2,25,31)(H,26,27)(H,28,32)/t12?,13-,18?,22?/m0/s1. The lowest BCUT2D eigenvalue weighted by Gasteiger charge is -2.63. The van der Waals surface area contributed by atoms with Gasteiger partial charge in [-0.05, 0) is 49.1 Å². The van der Waals surface area contributed by atoms with Crippen molar-refractivity contribution in [1.82, 2.24) is 20.4 Å². The van der Waals surface area contributed by atoms with Crippen molar-refractivity contribution in [1.29, 1.82) is 0 Å². The zero-order valence-corrected chi connectivity index (χ0v) is 18.6. The highest BCUT2D eigenvalue weighted by molar-refractivity contribution is 6.29. The predicted molar refractivity (Wildman–Crippen MR) is 117 cm³/mol. The van der Waals surface area contributed by atoms with Crippen LogP contribution in [0.25, 0.3) is 11.0 Å². The fourth-order valence-electron chi connectivity index (χ4n) is 4.88. The van der Waals surface area contributed by atoms with Crippen molar-refractivity contribution in [3.8, 4) is 0 Å². The highest BCUT2D eigenvalue weighted by Gasteiger charge is 2.57. The molecule has 3 amide bonds. The van der Waals surface area contributed by atoms with Crippen molar-refractivity contribution in [2.75, 3.05) is 6.54 Å². The number of benzene rings is 1. The molecule has 3 saturated carbocycles. The fraction of sp³-hybridized carbons (Fsp3) is 0.500. The van der Waals surface area contributed by atoms with Crippen LogP contribution in [0.4, 0.5) is 4.39 Å². The van der Waals surface area contributed by atoms with E-state index in [-0.39, 0.29) is 36.4 Å². The number of hydrogen-bond donors (Lipinski definition) is 3. The minimum Gasteiger partial charge on any atom is -0.370 e. The van der Waals surface area contributed by atoms with Crippen molar-refractivity contribution >= 4 is 46.1 Å². The highest BCUT2D eigenvalue weighted by atomic mass is 35.5. The SMILES string of the molecule is NC(=O)CCN(NC(=O)[C@@H](CC(=O)c1nc2ccccc2[nH]1)CC12CC(C1)C2)C(=O)C(F)Cl. The van der Waals surface area contributed by atoms with Crippen LogP contribution < -0.4 is 11.2 Å². The van der Waals surface area contributed by atoms with E-state index in [1.165, 1.54) is 0 Å². The Kier molecular flexibility index (Phi) is 6.38. The van der Waals surface area contributed by atoms with Gasteiger partial charge >= 0.3 is 0 Å². The summed E-state index contributed by atoms with van der Waals surface area (Å²) in [5.74, 6) is -2.82. The second kappa shape index (κ2) is 9.09. The first-order valence-corrected chi connectivity index (χ1v) is 11.3. The smallest absolute Gasteiger partial charge is 0.291 e. The Morgan fingerprint density at radius 2 is 1.97 bits per heavy atom. The molecule has 2 bridgehead atoms. The molecule has 0 saturated heterocycles. The van der Waals surface area contributed by atoms with E-state index in [0.29, 0.717) is 28.4 Å². The van der Waals surface area contributed by atoms with E-state index < -0.39 is 29.3 Å². The first-order valence-electron chi connectivity index (χ1n) is 10.8. The third-order valence-corrected chi connectivity index (χ3v) is 6.77. The number of ketones is 1. The maximum atomic E-state index is 13.4. The number of hydrogen-bond acceptors (Lipinski definition) is 5. The van der Waals surface area contributed by atoms with Gasteiger partial charge in [-0.15, -0.1) is 0 Å². The van der Waals surface area contributed by atoms with Gasteiger partial charge in [0.05, 0.1) is 17.6 Å². The van der Waals surface area contributed by atoms with Gasteiger partial charge in [0, 0.05) is 18.8 Å². The summed E-state index contributed by atoms with van der Waals surface area (Å²) in [6, 6.07) is 7.20. The van der Waals surface area contributed by atoms with Crippen LogP contribution in [0.5, 0.6) is 0 Å². The van der Waals surface area contributed by atoms with Crippen molar-refractivity contribution in [2.24, 2.45) is 23.0 Å². The number of nitrogens with zero attached hydrogens (tertiary/aromatic N) is 2. The number of imidazole rings is 1. The molecule has 4 N–H and O–H groups in total. The van der Waals surface area contributed by atoms with Gasteiger partial charge in [-0.1, -0.05) is 23.7 Å². The summed E-state index contributed by atoms with van der Waals surface area (Å²) < 4.78 is 13.4. The molecule has 0 radical (unpaired) electrons. The maximum Gasteiger partial charge on any atom is 0.291 e. The number of Topliss-reactive ketones (excluding diaryl/α,β-unsaturated/α-hetero) is 1. The second-order valence-corrected chi connectivity index (χ2v) is 9.48. The van der Waals surface area contributed by atoms with E-state index in [4.69, 9.17) is 17.3 Å². The molecule has 1 aromatic heterocycles. The van der Waals surface area contributed by atoms with Crippen molar-refractivity contribution in [3.05, 3.63) is 30.1 Å². The summed E-state index contributed by atoms with van der Waals surface area (Å²) in [6.07, 6.45) is 3.08. The number of para-hydroxylation sites is 2. The number of alkyl halides is 2. The monoisotopic (exact) mass is 477 g/mol. The molecular weight excluding hydrogens is 453 g/mol. The van der Waals surface area contributed by atoms with Gasteiger partial charge < -0.3 is 10.7 Å². The molecule has 0 spiro atoms. The van der Waals surface area contributed by atoms with E-state index in [1.807, 2.05) is 12.1 Å². The molecule has 1 aromatic carbocycles. The highest BCUT2D eigenvalue weighted by Crippen LogP contribution is 2.67. The number of H-pyrrole nitrogens is 1. The molecule has 2 aromatic rings. The average Bonchev–Trinajstić information content (AvgIpc) is 3.15. The summed E-state index contributed by atoms with van der Waals surface area (Å²) >= 11 is 5.26. The summed E-state index contributed by atoms with van der Waals surface area (Å²) in [6.45, 7) is -0.329. The topological polar surface area (TPSA) is 138 Å².